The molecule has 1 fully saturated rings. The molecule has 1 saturated heterocycles. The molecule has 0 aromatic heterocycles. The zero-order chi connectivity index (χ0) is 17.6. The van der Waals surface area contributed by atoms with Crippen molar-refractivity contribution in [3.05, 3.63) is 69.9 Å². The smallest absolute Gasteiger partial charge is 0.224 e. The van der Waals surface area contributed by atoms with Crippen LogP contribution < -0.4 is 5.32 Å². The number of likely N-dealkylation sites (tertiary alicyclic amines) is 1. The minimum absolute atomic E-state index is 0.0120. The molecule has 132 valence electrons. The van der Waals surface area contributed by atoms with Crippen LogP contribution in [0.3, 0.4) is 0 Å². The van der Waals surface area contributed by atoms with Crippen LogP contribution in [0.1, 0.15) is 24.0 Å². The summed E-state index contributed by atoms with van der Waals surface area (Å²) in [5.41, 5.74) is 2.15. The second-order valence-corrected chi connectivity index (χ2v) is 7.46. The minimum atomic E-state index is -0.276. The Balaban J connectivity index is 1.42. The molecule has 3 nitrogen and oxygen atoms in total. The number of carbonyl (C=O) groups is 1. The molecular formula is C20H22BrFN2O. The lowest BCUT2D eigenvalue weighted by Gasteiger charge is -2.32. The van der Waals surface area contributed by atoms with E-state index in [1.807, 2.05) is 0 Å². The number of halogens is 2. The van der Waals surface area contributed by atoms with Crippen LogP contribution in [-0.4, -0.2) is 29.9 Å². The highest BCUT2D eigenvalue weighted by molar-refractivity contribution is 9.10. The lowest BCUT2D eigenvalue weighted by Crippen LogP contribution is -2.44. The van der Waals surface area contributed by atoms with E-state index in [2.05, 4.69) is 50.4 Å². The predicted molar refractivity (Wildman–Crippen MR) is 101 cm³/mol. The van der Waals surface area contributed by atoms with E-state index in [1.54, 1.807) is 12.1 Å². The maximum absolute atomic E-state index is 12.9. The van der Waals surface area contributed by atoms with Crippen molar-refractivity contribution in [2.75, 3.05) is 13.1 Å². The lowest BCUT2D eigenvalue weighted by molar-refractivity contribution is -0.121. The van der Waals surface area contributed by atoms with Crippen molar-refractivity contribution >= 4 is 21.8 Å². The van der Waals surface area contributed by atoms with Crippen LogP contribution in [0.5, 0.6) is 0 Å². The fourth-order valence-electron chi connectivity index (χ4n) is 3.15. The molecule has 2 aromatic rings. The molecular weight excluding hydrogens is 383 g/mol. The molecule has 0 radical (unpaired) electrons. The first-order valence-corrected chi connectivity index (χ1v) is 9.38. The van der Waals surface area contributed by atoms with E-state index in [-0.39, 0.29) is 17.8 Å². The molecule has 3 rings (SSSR count). The van der Waals surface area contributed by atoms with Crippen LogP contribution in [0.15, 0.2) is 53.0 Å². The second kappa shape index (κ2) is 8.59. The van der Waals surface area contributed by atoms with Gasteiger partial charge in [0.2, 0.25) is 5.91 Å². The van der Waals surface area contributed by atoms with Crippen LogP contribution in [0.2, 0.25) is 0 Å². The summed E-state index contributed by atoms with van der Waals surface area (Å²) in [4.78, 5) is 14.6. The molecule has 0 spiro atoms. The molecule has 1 aliphatic heterocycles. The summed E-state index contributed by atoms with van der Waals surface area (Å²) in [6.07, 6.45) is 2.23. The summed E-state index contributed by atoms with van der Waals surface area (Å²) in [5, 5.41) is 3.11. The van der Waals surface area contributed by atoms with Crippen molar-refractivity contribution < 1.29 is 9.18 Å². The number of piperidine rings is 1. The average molecular weight is 405 g/mol. The molecule has 1 heterocycles. The third-order valence-electron chi connectivity index (χ3n) is 4.55. The zero-order valence-electron chi connectivity index (χ0n) is 14.1. The van der Waals surface area contributed by atoms with Gasteiger partial charge in [0.15, 0.2) is 0 Å². The molecule has 1 amide bonds. The van der Waals surface area contributed by atoms with E-state index in [0.29, 0.717) is 6.42 Å². The van der Waals surface area contributed by atoms with Crippen molar-refractivity contribution in [3.8, 4) is 0 Å². The number of nitrogens with one attached hydrogen (secondary N) is 1. The Kier molecular flexibility index (Phi) is 6.21. The fourth-order valence-corrected chi connectivity index (χ4v) is 3.41. The second-order valence-electron chi connectivity index (χ2n) is 6.55. The summed E-state index contributed by atoms with van der Waals surface area (Å²) in [5.74, 6) is -0.264. The molecule has 5 heteroatoms. The summed E-state index contributed by atoms with van der Waals surface area (Å²) in [6.45, 7) is 2.92. The SMILES string of the molecule is O=C(Cc1ccc(F)cc1)NC1CCN(Cc2ccc(Br)cc2)CC1. The quantitative estimate of drug-likeness (QED) is 0.818. The molecule has 0 bridgehead atoms. The minimum Gasteiger partial charge on any atom is -0.353 e. The van der Waals surface area contributed by atoms with E-state index in [1.165, 1.54) is 17.7 Å². The van der Waals surface area contributed by atoms with Gasteiger partial charge in [-0.2, -0.15) is 0 Å². The fraction of sp³-hybridized carbons (Fsp3) is 0.350. The van der Waals surface area contributed by atoms with Crippen molar-refractivity contribution in [1.82, 2.24) is 10.2 Å². The summed E-state index contributed by atoms with van der Waals surface area (Å²) < 4.78 is 14.0. The van der Waals surface area contributed by atoms with E-state index >= 15 is 0 Å². The Morgan fingerprint density at radius 1 is 1.04 bits per heavy atom. The standard InChI is InChI=1S/C20H22BrFN2O/c21-17-5-1-16(2-6-17)14-24-11-9-19(10-12-24)23-20(25)13-15-3-7-18(22)8-4-15/h1-8,19H,9-14H2,(H,23,25). The third-order valence-corrected chi connectivity index (χ3v) is 5.08. The Bertz CT molecular complexity index is 695. The van der Waals surface area contributed by atoms with E-state index in [0.717, 1.165) is 42.5 Å². The molecule has 25 heavy (non-hydrogen) atoms. The van der Waals surface area contributed by atoms with E-state index in [9.17, 15) is 9.18 Å². The van der Waals surface area contributed by atoms with Crippen LogP contribution >= 0.6 is 15.9 Å². The van der Waals surface area contributed by atoms with Crippen molar-refractivity contribution in [3.63, 3.8) is 0 Å². The van der Waals surface area contributed by atoms with E-state index in [4.69, 9.17) is 0 Å². The van der Waals surface area contributed by atoms with Gasteiger partial charge in [-0.1, -0.05) is 40.2 Å². The van der Waals surface area contributed by atoms with Crippen LogP contribution in [0.25, 0.3) is 0 Å². The lowest BCUT2D eigenvalue weighted by atomic mass is 10.0. The van der Waals surface area contributed by atoms with E-state index < -0.39 is 0 Å². The molecule has 0 atom stereocenters. The van der Waals surface area contributed by atoms with Gasteiger partial charge in [-0.3, -0.25) is 9.69 Å². The first-order chi connectivity index (χ1) is 12.1. The molecule has 2 aromatic carbocycles. The zero-order valence-corrected chi connectivity index (χ0v) is 15.6. The molecule has 0 saturated carbocycles. The molecule has 1 N–H and O–H groups in total. The number of amides is 1. The normalized spacial score (nSPS) is 15.9. The largest absolute Gasteiger partial charge is 0.353 e. The molecule has 0 aliphatic carbocycles. The van der Waals surface area contributed by atoms with Gasteiger partial charge >= 0.3 is 0 Å². The maximum atomic E-state index is 12.9. The van der Waals surface area contributed by atoms with Crippen LogP contribution in [-0.2, 0) is 17.8 Å². The van der Waals surface area contributed by atoms with Crippen molar-refractivity contribution in [1.29, 1.82) is 0 Å². The van der Waals surface area contributed by atoms with Crippen molar-refractivity contribution in [2.45, 2.75) is 31.8 Å². The van der Waals surface area contributed by atoms with Gasteiger partial charge < -0.3 is 5.32 Å². The van der Waals surface area contributed by atoms with Gasteiger partial charge in [-0.25, -0.2) is 4.39 Å². The topological polar surface area (TPSA) is 32.3 Å². The Hall–Kier alpha value is -1.72. The van der Waals surface area contributed by atoms with Crippen LogP contribution in [0, 0.1) is 5.82 Å². The molecule has 0 unspecified atom stereocenters. The Labute approximate surface area is 156 Å². The first kappa shape index (κ1) is 18.1. The number of carbonyl (C=O) groups excluding carboxylic acids is 1. The number of hydrogen-bond acceptors (Lipinski definition) is 2. The van der Waals surface area contributed by atoms with Gasteiger partial charge in [0.25, 0.3) is 0 Å². The predicted octanol–water partition coefficient (Wildman–Crippen LogP) is 3.91. The highest BCUT2D eigenvalue weighted by Crippen LogP contribution is 2.16. The average Bonchev–Trinajstić information content (AvgIpc) is 2.61. The summed E-state index contributed by atoms with van der Waals surface area (Å²) >= 11 is 3.46. The number of nitrogens with zero attached hydrogens (tertiary/aromatic N) is 1. The van der Waals surface area contributed by atoms with Gasteiger partial charge in [-0.05, 0) is 48.2 Å². The number of rotatable bonds is 5. The summed E-state index contributed by atoms with van der Waals surface area (Å²) in [6, 6.07) is 14.8. The Morgan fingerprint density at radius 3 is 2.28 bits per heavy atom. The van der Waals surface area contributed by atoms with Gasteiger partial charge in [0.05, 0.1) is 6.42 Å². The third kappa shape index (κ3) is 5.65. The summed E-state index contributed by atoms with van der Waals surface area (Å²) in [7, 11) is 0. The molecule has 1 aliphatic rings. The van der Waals surface area contributed by atoms with Gasteiger partial charge in [0.1, 0.15) is 5.82 Å². The highest BCUT2D eigenvalue weighted by Gasteiger charge is 2.20. The highest BCUT2D eigenvalue weighted by atomic mass is 79.9. The van der Waals surface area contributed by atoms with Gasteiger partial charge in [0, 0.05) is 30.1 Å². The Morgan fingerprint density at radius 2 is 1.64 bits per heavy atom. The first-order valence-electron chi connectivity index (χ1n) is 8.59. The number of hydrogen-bond donors (Lipinski definition) is 1. The monoisotopic (exact) mass is 404 g/mol. The van der Waals surface area contributed by atoms with Gasteiger partial charge in [-0.15, -0.1) is 0 Å². The number of benzene rings is 2. The van der Waals surface area contributed by atoms with Crippen LogP contribution in [0.4, 0.5) is 4.39 Å². The van der Waals surface area contributed by atoms with Crippen molar-refractivity contribution in [2.24, 2.45) is 0 Å². The maximum Gasteiger partial charge on any atom is 0.224 e.